The number of aromatic nitrogens is 1. The minimum Gasteiger partial charge on any atom is -0.488 e. The number of hydrogen-bond acceptors (Lipinski definition) is 4. The summed E-state index contributed by atoms with van der Waals surface area (Å²) in [7, 11) is 0. The lowest BCUT2D eigenvalue weighted by Crippen LogP contribution is -2.43. The average Bonchev–Trinajstić information content (AvgIpc) is 2.73. The first-order valence-corrected chi connectivity index (χ1v) is 9.55. The molecular weight excluding hydrogens is 440 g/mol. The van der Waals surface area contributed by atoms with Gasteiger partial charge < -0.3 is 10.1 Å². The van der Waals surface area contributed by atoms with Crippen LogP contribution in [0.3, 0.4) is 0 Å². The number of thiocarbonyl (C=S) groups is 1. The maximum Gasteiger partial charge on any atom is 0.273 e. The van der Waals surface area contributed by atoms with E-state index in [2.05, 4.69) is 37.1 Å². The largest absolute Gasteiger partial charge is 0.488 e. The van der Waals surface area contributed by atoms with Gasteiger partial charge in [0.2, 0.25) is 0 Å². The van der Waals surface area contributed by atoms with Crippen molar-refractivity contribution in [2.45, 2.75) is 6.61 Å². The normalized spacial score (nSPS) is 10.0. The van der Waals surface area contributed by atoms with Crippen molar-refractivity contribution in [3.8, 4) is 5.75 Å². The van der Waals surface area contributed by atoms with Gasteiger partial charge in [-0.15, -0.1) is 0 Å². The fourth-order valence-corrected chi connectivity index (χ4v) is 2.73. The van der Waals surface area contributed by atoms with Crippen LogP contribution in [0.4, 0.5) is 5.69 Å². The number of hydrazine groups is 1. The van der Waals surface area contributed by atoms with Crippen LogP contribution in [0.5, 0.6) is 5.75 Å². The van der Waals surface area contributed by atoms with Crippen LogP contribution in [0.2, 0.25) is 0 Å². The Morgan fingerprint density at radius 3 is 2.46 bits per heavy atom. The van der Waals surface area contributed by atoms with Crippen molar-refractivity contribution in [3.05, 3.63) is 88.7 Å². The Bertz CT molecular complexity index is 952. The molecule has 3 N–H and O–H groups in total. The molecule has 0 aliphatic heterocycles. The monoisotopic (exact) mass is 456 g/mol. The van der Waals surface area contributed by atoms with Crippen LogP contribution >= 0.6 is 28.1 Å². The van der Waals surface area contributed by atoms with Gasteiger partial charge in [-0.3, -0.25) is 20.6 Å². The summed E-state index contributed by atoms with van der Waals surface area (Å²) in [6.45, 7) is 0.337. The average molecular weight is 457 g/mol. The number of hydrogen-bond donors (Lipinski definition) is 3. The van der Waals surface area contributed by atoms with Gasteiger partial charge in [0.25, 0.3) is 5.91 Å². The maximum absolute atomic E-state index is 12.5. The number of benzene rings is 2. The Balaban J connectivity index is 1.56. The van der Waals surface area contributed by atoms with E-state index in [1.54, 1.807) is 30.6 Å². The van der Waals surface area contributed by atoms with Crippen molar-refractivity contribution in [2.75, 3.05) is 5.32 Å². The van der Waals surface area contributed by atoms with E-state index < -0.39 is 0 Å². The molecule has 0 unspecified atom stereocenters. The van der Waals surface area contributed by atoms with Crippen LogP contribution in [-0.4, -0.2) is 16.0 Å². The molecule has 1 aromatic heterocycles. The first-order valence-electron chi connectivity index (χ1n) is 8.35. The quantitative estimate of drug-likeness (QED) is 0.397. The minimum atomic E-state index is -0.356. The van der Waals surface area contributed by atoms with E-state index in [0.717, 1.165) is 15.7 Å². The van der Waals surface area contributed by atoms with E-state index >= 15 is 0 Å². The van der Waals surface area contributed by atoms with Gasteiger partial charge in [-0.1, -0.05) is 28.1 Å². The van der Waals surface area contributed by atoms with Gasteiger partial charge in [0, 0.05) is 22.6 Å². The zero-order valence-electron chi connectivity index (χ0n) is 14.7. The van der Waals surface area contributed by atoms with E-state index in [1.165, 1.54) is 0 Å². The molecule has 8 heteroatoms. The highest BCUT2D eigenvalue weighted by atomic mass is 79.9. The van der Waals surface area contributed by atoms with Gasteiger partial charge in [0.05, 0.1) is 5.56 Å². The number of rotatable bonds is 5. The number of anilines is 1. The smallest absolute Gasteiger partial charge is 0.273 e. The number of carbonyl (C=O) groups is 1. The highest BCUT2D eigenvalue weighted by Crippen LogP contribution is 2.19. The van der Waals surface area contributed by atoms with Crippen molar-refractivity contribution >= 4 is 44.9 Å². The summed E-state index contributed by atoms with van der Waals surface area (Å²) in [6, 6.07) is 18.2. The van der Waals surface area contributed by atoms with Gasteiger partial charge in [-0.25, -0.2) is 0 Å². The van der Waals surface area contributed by atoms with Crippen molar-refractivity contribution in [3.63, 3.8) is 0 Å². The fourth-order valence-electron chi connectivity index (χ4n) is 2.30. The minimum absolute atomic E-state index is 0.269. The first-order chi connectivity index (χ1) is 13.6. The molecule has 0 fully saturated rings. The molecule has 1 heterocycles. The number of nitrogens with one attached hydrogen (secondary N) is 3. The van der Waals surface area contributed by atoms with Gasteiger partial charge in [0.1, 0.15) is 12.4 Å². The molecule has 0 saturated carbocycles. The topological polar surface area (TPSA) is 75.3 Å². The van der Waals surface area contributed by atoms with Gasteiger partial charge in [-0.05, 0) is 66.3 Å². The number of carbonyl (C=O) groups excluding carboxylic acids is 1. The summed E-state index contributed by atoms with van der Waals surface area (Å²) in [5.41, 5.74) is 7.43. The molecule has 0 bridgehead atoms. The molecular formula is C20H17BrN4O2S. The second kappa shape index (κ2) is 9.82. The molecule has 0 spiro atoms. The van der Waals surface area contributed by atoms with Crippen molar-refractivity contribution in [1.82, 2.24) is 15.8 Å². The Morgan fingerprint density at radius 2 is 1.71 bits per heavy atom. The van der Waals surface area contributed by atoms with Gasteiger partial charge in [-0.2, -0.15) is 0 Å². The molecule has 0 radical (unpaired) electrons. The number of nitrogens with zero attached hydrogens (tertiary/aromatic N) is 1. The molecule has 0 saturated heterocycles. The SMILES string of the molecule is O=C(NNC(=S)Nc1ccc(Br)cc1)c1ccccc1OCc1ccncc1. The summed E-state index contributed by atoms with van der Waals surface area (Å²) in [5, 5.41) is 3.25. The van der Waals surface area contributed by atoms with E-state index in [1.807, 2.05) is 42.5 Å². The lowest BCUT2D eigenvalue weighted by molar-refractivity contribution is 0.0939. The number of ether oxygens (including phenoxy) is 1. The highest BCUT2D eigenvalue weighted by molar-refractivity contribution is 9.10. The molecule has 0 aliphatic carbocycles. The zero-order valence-corrected chi connectivity index (χ0v) is 17.1. The summed E-state index contributed by atoms with van der Waals surface area (Å²) in [5.74, 6) is 0.121. The van der Waals surface area contributed by atoms with Crippen LogP contribution in [-0.2, 0) is 6.61 Å². The van der Waals surface area contributed by atoms with Gasteiger partial charge >= 0.3 is 0 Å². The molecule has 1 amide bonds. The third-order valence-electron chi connectivity index (χ3n) is 3.67. The predicted octanol–water partition coefficient (Wildman–Crippen LogP) is 4.05. The lowest BCUT2D eigenvalue weighted by atomic mass is 10.2. The number of para-hydroxylation sites is 1. The van der Waals surface area contributed by atoms with Crippen molar-refractivity contribution in [2.24, 2.45) is 0 Å². The molecule has 6 nitrogen and oxygen atoms in total. The fraction of sp³-hybridized carbons (Fsp3) is 0.0500. The standard InChI is InChI=1S/C20H17BrN4O2S/c21-15-5-7-16(8-6-15)23-20(28)25-24-19(26)17-3-1-2-4-18(17)27-13-14-9-11-22-12-10-14/h1-12H,13H2,(H,24,26)(H2,23,25,28). The molecule has 2 aromatic carbocycles. The molecule has 0 atom stereocenters. The molecule has 142 valence electrons. The van der Waals surface area contributed by atoms with Crippen LogP contribution in [0.25, 0.3) is 0 Å². The Hall–Kier alpha value is -2.97. The van der Waals surface area contributed by atoms with Crippen LogP contribution in [0.15, 0.2) is 77.5 Å². The highest BCUT2D eigenvalue weighted by Gasteiger charge is 2.12. The maximum atomic E-state index is 12.5. The van der Waals surface area contributed by atoms with Crippen LogP contribution in [0, 0.1) is 0 Å². The summed E-state index contributed by atoms with van der Waals surface area (Å²) in [4.78, 5) is 16.5. The van der Waals surface area contributed by atoms with Crippen molar-refractivity contribution < 1.29 is 9.53 Å². The zero-order chi connectivity index (χ0) is 19.8. The van der Waals surface area contributed by atoms with E-state index in [-0.39, 0.29) is 11.0 Å². The Morgan fingerprint density at radius 1 is 1.00 bits per heavy atom. The Kier molecular flexibility index (Phi) is 6.94. The number of halogens is 1. The second-order valence-electron chi connectivity index (χ2n) is 5.68. The molecule has 3 rings (SSSR count). The molecule has 3 aromatic rings. The van der Waals surface area contributed by atoms with Gasteiger partial charge in [0.15, 0.2) is 5.11 Å². The predicted molar refractivity (Wildman–Crippen MR) is 116 cm³/mol. The lowest BCUT2D eigenvalue weighted by Gasteiger charge is -2.14. The van der Waals surface area contributed by atoms with E-state index in [4.69, 9.17) is 17.0 Å². The van der Waals surface area contributed by atoms with Crippen LogP contribution in [0.1, 0.15) is 15.9 Å². The Labute approximate surface area is 176 Å². The van der Waals surface area contributed by atoms with Crippen molar-refractivity contribution in [1.29, 1.82) is 0 Å². The summed E-state index contributed by atoms with van der Waals surface area (Å²) < 4.78 is 6.75. The number of pyridine rings is 1. The molecule has 28 heavy (non-hydrogen) atoms. The number of amides is 1. The third-order valence-corrected chi connectivity index (χ3v) is 4.40. The summed E-state index contributed by atoms with van der Waals surface area (Å²) in [6.07, 6.45) is 3.39. The molecule has 0 aliphatic rings. The van der Waals surface area contributed by atoms with Crippen LogP contribution < -0.4 is 20.9 Å². The summed E-state index contributed by atoms with van der Waals surface area (Å²) >= 11 is 8.57. The van der Waals surface area contributed by atoms with E-state index in [9.17, 15) is 4.79 Å². The third kappa shape index (κ3) is 5.77. The van der Waals surface area contributed by atoms with E-state index in [0.29, 0.717) is 17.9 Å². The second-order valence-corrected chi connectivity index (χ2v) is 7.00. The first kappa shape index (κ1) is 19.8.